The summed E-state index contributed by atoms with van der Waals surface area (Å²) in [6, 6.07) is 16.6. The van der Waals surface area contributed by atoms with Crippen molar-refractivity contribution in [3.8, 4) is 11.1 Å². The molecule has 0 saturated heterocycles. The normalized spacial score (nSPS) is 10.9. The summed E-state index contributed by atoms with van der Waals surface area (Å²) in [4.78, 5) is 43.0. The van der Waals surface area contributed by atoms with Gasteiger partial charge in [0.15, 0.2) is 0 Å². The van der Waals surface area contributed by atoms with Gasteiger partial charge < -0.3 is 13.9 Å². The molecule has 0 aliphatic heterocycles. The van der Waals surface area contributed by atoms with Crippen LogP contribution < -0.4 is 5.56 Å². The highest BCUT2D eigenvalue weighted by molar-refractivity contribution is 5.97. The first-order valence-corrected chi connectivity index (χ1v) is 12.9. The first-order valence-electron chi connectivity index (χ1n) is 12.9. The largest absolute Gasteiger partial charge is 0.467 e. The van der Waals surface area contributed by atoms with E-state index < -0.39 is 11.9 Å². The molecule has 0 spiro atoms. The summed E-state index contributed by atoms with van der Waals surface area (Å²) in [5.41, 5.74) is 4.59. The maximum Gasteiger partial charge on any atom is 0.341 e. The van der Waals surface area contributed by atoms with Crippen molar-refractivity contribution < 1.29 is 23.5 Å². The molecular weight excluding hydrogens is 496 g/mol. The molecule has 2 aromatic carbocycles. The number of carbonyl (C=O) groups excluding carboxylic acids is 2. The van der Waals surface area contributed by atoms with Crippen molar-refractivity contribution in [1.29, 1.82) is 0 Å². The average molecular weight is 529 g/mol. The lowest BCUT2D eigenvalue weighted by Gasteiger charge is -2.15. The summed E-state index contributed by atoms with van der Waals surface area (Å²) in [6.07, 6.45) is 4.39. The van der Waals surface area contributed by atoms with E-state index in [1.807, 2.05) is 36.4 Å². The zero-order valence-corrected chi connectivity index (χ0v) is 22.7. The predicted octanol–water partition coefficient (Wildman–Crippen LogP) is 5.37. The van der Waals surface area contributed by atoms with Gasteiger partial charge in [-0.3, -0.25) is 9.36 Å². The van der Waals surface area contributed by atoms with E-state index >= 15 is 0 Å². The number of benzene rings is 2. The average Bonchev–Trinajstić information content (AvgIpc) is 3.43. The Morgan fingerprint density at radius 2 is 1.64 bits per heavy atom. The quantitative estimate of drug-likeness (QED) is 0.255. The molecule has 0 N–H and O–H groups in total. The lowest BCUT2D eigenvalue weighted by molar-refractivity contribution is 0.0590. The van der Waals surface area contributed by atoms with Gasteiger partial charge in [-0.1, -0.05) is 55.8 Å². The molecule has 0 atom stereocenters. The molecule has 2 aromatic heterocycles. The molecule has 39 heavy (non-hydrogen) atoms. The van der Waals surface area contributed by atoms with Gasteiger partial charge in [0.05, 0.1) is 38.3 Å². The molecule has 0 aliphatic rings. The zero-order valence-electron chi connectivity index (χ0n) is 22.7. The highest BCUT2D eigenvalue weighted by Crippen LogP contribution is 2.25. The molecule has 202 valence electrons. The molecule has 0 saturated carbocycles. The van der Waals surface area contributed by atoms with Gasteiger partial charge in [-0.15, -0.1) is 0 Å². The molecule has 0 bridgehead atoms. The summed E-state index contributed by atoms with van der Waals surface area (Å²) in [5, 5.41) is 0. The Kier molecular flexibility index (Phi) is 8.76. The van der Waals surface area contributed by atoms with Gasteiger partial charge in [0, 0.05) is 12.0 Å². The molecule has 8 heteroatoms. The van der Waals surface area contributed by atoms with Crippen molar-refractivity contribution in [2.24, 2.45) is 0 Å². The highest BCUT2D eigenvalue weighted by Gasteiger charge is 2.20. The van der Waals surface area contributed by atoms with Gasteiger partial charge in [0.25, 0.3) is 5.56 Å². The fraction of sp³-hybridized carbons (Fsp3) is 0.290. The lowest BCUT2D eigenvalue weighted by atomic mass is 9.96. The van der Waals surface area contributed by atoms with E-state index in [1.165, 1.54) is 31.1 Å². The molecule has 4 rings (SSSR count). The topological polar surface area (TPSA) is 101 Å². The van der Waals surface area contributed by atoms with Crippen LogP contribution in [0.25, 0.3) is 11.1 Å². The van der Waals surface area contributed by atoms with Gasteiger partial charge in [-0.05, 0) is 48.6 Å². The summed E-state index contributed by atoms with van der Waals surface area (Å²) in [7, 11) is 2.67. The molecule has 0 fully saturated rings. The van der Waals surface area contributed by atoms with Crippen LogP contribution in [0.1, 0.15) is 68.9 Å². The van der Waals surface area contributed by atoms with Crippen molar-refractivity contribution in [2.45, 2.75) is 46.1 Å². The second kappa shape index (κ2) is 12.4. The smallest absolute Gasteiger partial charge is 0.341 e. The molecule has 4 aromatic rings. The van der Waals surface area contributed by atoms with Crippen LogP contribution in [0.5, 0.6) is 0 Å². The molecular formula is C31H32N2O6. The number of nitrogens with zero attached hydrogens (tertiary/aromatic N) is 2. The Labute approximate surface area is 227 Å². The van der Waals surface area contributed by atoms with Gasteiger partial charge >= 0.3 is 11.9 Å². The first kappa shape index (κ1) is 27.6. The maximum atomic E-state index is 13.8. The number of rotatable bonds is 10. The number of methoxy groups -OCH3 is 2. The van der Waals surface area contributed by atoms with E-state index in [4.69, 9.17) is 18.9 Å². The van der Waals surface area contributed by atoms with Crippen molar-refractivity contribution in [1.82, 2.24) is 9.55 Å². The van der Waals surface area contributed by atoms with E-state index in [0.717, 1.165) is 35.2 Å². The van der Waals surface area contributed by atoms with Crippen LogP contribution in [-0.2, 0) is 28.9 Å². The van der Waals surface area contributed by atoms with E-state index in [1.54, 1.807) is 19.1 Å². The lowest BCUT2D eigenvalue weighted by Crippen LogP contribution is -2.30. The third kappa shape index (κ3) is 6.00. The number of aromatic nitrogens is 2. The summed E-state index contributed by atoms with van der Waals surface area (Å²) < 4.78 is 16.8. The molecule has 0 radical (unpaired) electrons. The number of ether oxygens (including phenoxy) is 2. The van der Waals surface area contributed by atoms with Crippen LogP contribution in [0.3, 0.4) is 0 Å². The van der Waals surface area contributed by atoms with Crippen LogP contribution in [0.2, 0.25) is 0 Å². The summed E-state index contributed by atoms with van der Waals surface area (Å²) in [5.74, 6) is -0.0222. The van der Waals surface area contributed by atoms with E-state index in [9.17, 15) is 14.4 Å². The van der Waals surface area contributed by atoms with Crippen molar-refractivity contribution in [3.05, 3.63) is 111 Å². The fourth-order valence-electron chi connectivity index (χ4n) is 4.60. The fourth-order valence-corrected chi connectivity index (χ4v) is 4.60. The molecule has 0 amide bonds. The third-order valence-electron chi connectivity index (χ3n) is 6.74. The monoisotopic (exact) mass is 528 g/mol. The zero-order chi connectivity index (χ0) is 27.9. The van der Waals surface area contributed by atoms with Crippen LogP contribution in [-0.4, -0.2) is 35.7 Å². The van der Waals surface area contributed by atoms with Crippen molar-refractivity contribution in [2.75, 3.05) is 14.2 Å². The number of esters is 2. The second-order valence-electron chi connectivity index (χ2n) is 9.24. The number of unbranched alkanes of at least 4 members (excludes halogenated alkanes) is 1. The van der Waals surface area contributed by atoms with Crippen LogP contribution in [0.15, 0.2) is 70.1 Å². The second-order valence-corrected chi connectivity index (χ2v) is 9.24. The Hall–Kier alpha value is -4.46. The van der Waals surface area contributed by atoms with Crippen LogP contribution in [0.4, 0.5) is 0 Å². The summed E-state index contributed by atoms with van der Waals surface area (Å²) in [6.45, 7) is 3.96. The maximum absolute atomic E-state index is 13.8. The number of aryl methyl sites for hydroxylation is 2. The minimum Gasteiger partial charge on any atom is -0.467 e. The number of carbonyl (C=O) groups is 2. The number of hydrogen-bond acceptors (Lipinski definition) is 7. The molecule has 0 aliphatic carbocycles. The van der Waals surface area contributed by atoms with Crippen LogP contribution >= 0.6 is 0 Å². The van der Waals surface area contributed by atoms with Crippen LogP contribution in [0, 0.1) is 6.92 Å². The Balaban J connectivity index is 1.69. The SMILES string of the molecule is CCCCc1nc(C)n(Cc2occc2C(=O)OC)c(=O)c1Cc1ccc(-c2ccccc2C(=O)OC)cc1. The number of furan rings is 1. The Bertz CT molecular complexity index is 1530. The third-order valence-corrected chi connectivity index (χ3v) is 6.74. The van der Waals surface area contributed by atoms with Gasteiger partial charge in [0.1, 0.15) is 17.1 Å². The highest BCUT2D eigenvalue weighted by atomic mass is 16.5. The van der Waals surface area contributed by atoms with Crippen molar-refractivity contribution in [3.63, 3.8) is 0 Å². The number of hydrogen-bond donors (Lipinski definition) is 0. The molecule has 0 unspecified atom stereocenters. The Morgan fingerprint density at radius 1 is 0.949 bits per heavy atom. The van der Waals surface area contributed by atoms with E-state index in [2.05, 4.69) is 6.92 Å². The van der Waals surface area contributed by atoms with Gasteiger partial charge in [0.2, 0.25) is 0 Å². The Morgan fingerprint density at radius 3 is 2.33 bits per heavy atom. The first-order chi connectivity index (χ1) is 18.9. The minimum atomic E-state index is -0.522. The van der Waals surface area contributed by atoms with Gasteiger partial charge in [-0.25, -0.2) is 14.6 Å². The summed E-state index contributed by atoms with van der Waals surface area (Å²) >= 11 is 0. The predicted molar refractivity (Wildman–Crippen MR) is 147 cm³/mol. The molecule has 2 heterocycles. The molecule has 8 nitrogen and oxygen atoms in total. The minimum absolute atomic E-state index is 0.0689. The van der Waals surface area contributed by atoms with E-state index in [0.29, 0.717) is 35.6 Å². The van der Waals surface area contributed by atoms with E-state index in [-0.39, 0.29) is 17.7 Å². The van der Waals surface area contributed by atoms with Gasteiger partial charge in [-0.2, -0.15) is 0 Å². The standard InChI is InChI=1S/C31H32N2O6/c1-5-6-11-27-26(29(34)33(20(2)32-27)19-28-25(16-17-39-28)31(36)38-4)18-21-12-14-22(15-13-21)23-9-7-8-10-24(23)30(35)37-3/h7-10,12-17H,5-6,11,18-19H2,1-4H3. The van der Waals surface area contributed by atoms with Crippen molar-refractivity contribution >= 4 is 11.9 Å².